The van der Waals surface area contributed by atoms with Gasteiger partial charge in [-0.25, -0.2) is 43.7 Å². The monoisotopic (exact) mass is 910 g/mol. The van der Waals surface area contributed by atoms with Crippen LogP contribution >= 0.6 is 0 Å². The van der Waals surface area contributed by atoms with E-state index in [1.54, 1.807) is 6.92 Å². The van der Waals surface area contributed by atoms with Crippen molar-refractivity contribution in [3.05, 3.63) is 53.1 Å². The Morgan fingerprint density at radius 2 is 0.641 bits per heavy atom. The van der Waals surface area contributed by atoms with E-state index in [2.05, 4.69) is 29.3 Å². The summed E-state index contributed by atoms with van der Waals surface area (Å²) < 4.78 is 62.5. The van der Waals surface area contributed by atoms with Crippen LogP contribution in [0.3, 0.4) is 0 Å². The number of hydrogen-bond acceptors (Lipinski definition) is 24. The summed E-state index contributed by atoms with van der Waals surface area (Å²) in [5.41, 5.74) is -2.37. The number of carbonyl (C=O) groups is 6. The van der Waals surface area contributed by atoms with Gasteiger partial charge in [0.15, 0.2) is 34.5 Å². The normalized spacial score (nSPS) is 10.4. The topological polar surface area (TPSA) is 269 Å². The third kappa shape index (κ3) is 12.6. The lowest BCUT2D eigenvalue weighted by atomic mass is 9.86. The van der Waals surface area contributed by atoms with Gasteiger partial charge >= 0.3 is 36.4 Å². The molecule has 0 heterocycles. The van der Waals surface area contributed by atoms with Crippen LogP contribution < -0.4 is 42.6 Å². The lowest BCUT2D eigenvalue weighted by Crippen LogP contribution is -2.40. The van der Waals surface area contributed by atoms with E-state index >= 15 is 0 Å². The molecule has 0 bridgehead atoms. The highest BCUT2D eigenvalue weighted by atomic mass is 17.2. The standard InChI is InChI=1S/C40H46O24/c1-11-18-40(19-56-37(44)62-59-34(41)22-12-15-25(47-2)31(53-8)28(22)50-5,20-57-38(45)63-60-35(42)23-13-16-26(48-3)32(54-9)29(23)51-6)21-58-39(46)64-61-36(43)24-14-17-27(49-4)33(55-10)30(24)52-7/h12-17H,11,18-21H2,1-10H3. The second kappa shape index (κ2) is 24.5. The predicted molar refractivity (Wildman–Crippen MR) is 209 cm³/mol. The van der Waals surface area contributed by atoms with Gasteiger partial charge in [-0.3, -0.25) is 0 Å². The summed E-state index contributed by atoms with van der Waals surface area (Å²) in [4.78, 5) is 104. The van der Waals surface area contributed by atoms with Crippen LogP contribution in [0.4, 0.5) is 14.4 Å². The Labute approximate surface area is 364 Å². The number of methoxy groups -OCH3 is 9. The summed E-state index contributed by atoms with van der Waals surface area (Å²) in [5.74, 6) is -3.22. The predicted octanol–water partition coefficient (Wildman–Crippen LogP) is 5.63. The quantitative estimate of drug-likeness (QED) is 0.0575. The van der Waals surface area contributed by atoms with Crippen LogP contribution in [0, 0.1) is 5.41 Å². The lowest BCUT2D eigenvalue weighted by Gasteiger charge is -2.30. The van der Waals surface area contributed by atoms with E-state index in [1.165, 1.54) is 100 Å². The van der Waals surface area contributed by atoms with Gasteiger partial charge in [0.2, 0.25) is 17.2 Å². The molecule has 350 valence electrons. The van der Waals surface area contributed by atoms with Gasteiger partial charge in [0.05, 0.1) is 69.4 Å². The van der Waals surface area contributed by atoms with Crippen LogP contribution in [0.25, 0.3) is 0 Å². The third-order valence-electron chi connectivity index (χ3n) is 8.60. The number of hydrogen-bond donors (Lipinski definition) is 0. The minimum atomic E-state index is -1.67. The molecule has 0 radical (unpaired) electrons. The van der Waals surface area contributed by atoms with Gasteiger partial charge in [0.25, 0.3) is 0 Å². The highest BCUT2D eigenvalue weighted by Crippen LogP contribution is 2.42. The molecule has 0 unspecified atom stereocenters. The van der Waals surface area contributed by atoms with Gasteiger partial charge in [-0.05, 0) is 42.8 Å². The Morgan fingerprint density at radius 1 is 0.375 bits per heavy atom. The van der Waals surface area contributed by atoms with E-state index in [0.29, 0.717) is 0 Å². The average molecular weight is 911 g/mol. The van der Waals surface area contributed by atoms with Crippen LogP contribution in [-0.4, -0.2) is 120 Å². The van der Waals surface area contributed by atoms with Crippen LogP contribution in [0.1, 0.15) is 50.8 Å². The van der Waals surface area contributed by atoms with Gasteiger partial charge in [-0.2, -0.15) is 14.4 Å². The second-order valence-corrected chi connectivity index (χ2v) is 12.4. The molecule has 24 heteroatoms. The Bertz CT molecular complexity index is 1880. The molecule has 24 nitrogen and oxygen atoms in total. The Kier molecular flexibility index (Phi) is 19.3. The van der Waals surface area contributed by atoms with Crippen LogP contribution in [0.5, 0.6) is 51.7 Å². The maximum atomic E-state index is 12.9. The fraction of sp³-hybridized carbons (Fsp3) is 0.400. The van der Waals surface area contributed by atoms with E-state index in [1.807, 2.05) is 0 Å². The van der Waals surface area contributed by atoms with E-state index in [4.69, 9.17) is 56.8 Å². The number of carbonyl (C=O) groups excluding carboxylic acids is 6. The van der Waals surface area contributed by atoms with Gasteiger partial charge in [0, 0.05) is 0 Å². The van der Waals surface area contributed by atoms with Gasteiger partial charge in [-0.1, -0.05) is 13.3 Å². The van der Waals surface area contributed by atoms with E-state index in [-0.39, 0.29) is 81.3 Å². The molecular formula is C40H46O24. The molecule has 0 saturated carbocycles. The third-order valence-corrected chi connectivity index (χ3v) is 8.60. The minimum absolute atomic E-state index is 0.0364. The molecule has 0 aromatic heterocycles. The molecule has 64 heavy (non-hydrogen) atoms. The lowest BCUT2D eigenvalue weighted by molar-refractivity contribution is -0.217. The Balaban J connectivity index is 1.77. The summed E-state index contributed by atoms with van der Waals surface area (Å²) in [5, 5.41) is 0. The van der Waals surface area contributed by atoms with Crippen molar-refractivity contribution in [2.24, 2.45) is 5.41 Å². The van der Waals surface area contributed by atoms with Crippen molar-refractivity contribution in [1.29, 1.82) is 0 Å². The van der Waals surface area contributed by atoms with Crippen LogP contribution in [0.15, 0.2) is 36.4 Å². The summed E-state index contributed by atoms with van der Waals surface area (Å²) in [6.45, 7) is -0.660. The second-order valence-electron chi connectivity index (χ2n) is 12.4. The maximum absolute atomic E-state index is 12.9. The number of benzene rings is 3. The molecule has 0 aliphatic carbocycles. The first-order valence-corrected chi connectivity index (χ1v) is 18.3. The molecule has 0 N–H and O–H groups in total. The van der Waals surface area contributed by atoms with Crippen molar-refractivity contribution < 1.29 is 115 Å². The average Bonchev–Trinajstić information content (AvgIpc) is 3.32. The van der Waals surface area contributed by atoms with Crippen molar-refractivity contribution in [3.63, 3.8) is 0 Å². The van der Waals surface area contributed by atoms with Gasteiger partial charge in [0.1, 0.15) is 36.5 Å². The highest BCUT2D eigenvalue weighted by molar-refractivity contribution is 5.95. The molecular weight excluding hydrogens is 864 g/mol. The Morgan fingerprint density at radius 3 is 0.859 bits per heavy atom. The molecule has 0 fully saturated rings. The molecule has 3 aromatic carbocycles. The zero-order valence-electron chi connectivity index (χ0n) is 36.3. The zero-order valence-corrected chi connectivity index (χ0v) is 36.3. The largest absolute Gasteiger partial charge is 0.549 e. The van der Waals surface area contributed by atoms with Gasteiger partial charge in [-0.15, -0.1) is 0 Å². The van der Waals surface area contributed by atoms with E-state index in [0.717, 1.165) is 0 Å². The van der Waals surface area contributed by atoms with Crippen LogP contribution in [0.2, 0.25) is 0 Å². The first-order valence-electron chi connectivity index (χ1n) is 18.3. The SMILES string of the molecule is CCCC(COC(=O)OOC(=O)c1ccc(OC)c(OC)c1OC)(COC(=O)OOC(=O)c1ccc(OC)c(OC)c1OC)COC(=O)OOC(=O)c1ccc(OC)c(OC)c1OC. The van der Waals surface area contributed by atoms with Gasteiger partial charge < -0.3 is 56.8 Å². The molecule has 0 aliphatic rings. The molecule has 0 spiro atoms. The fourth-order valence-corrected chi connectivity index (χ4v) is 5.72. The van der Waals surface area contributed by atoms with E-state index in [9.17, 15) is 28.8 Å². The minimum Gasteiger partial charge on any atom is -0.493 e. The summed E-state index contributed by atoms with van der Waals surface area (Å²) in [6, 6.07) is 7.85. The molecule has 3 aromatic rings. The molecule has 3 rings (SSSR count). The molecule has 0 saturated heterocycles. The smallest absolute Gasteiger partial charge is 0.493 e. The number of ether oxygens (including phenoxy) is 12. The first-order chi connectivity index (χ1) is 30.7. The first kappa shape index (κ1) is 50.4. The van der Waals surface area contributed by atoms with Crippen molar-refractivity contribution in [3.8, 4) is 51.7 Å². The van der Waals surface area contributed by atoms with Crippen molar-refractivity contribution in [1.82, 2.24) is 0 Å². The maximum Gasteiger partial charge on any atom is 0.549 e. The summed E-state index contributed by atoms with van der Waals surface area (Å²) >= 11 is 0. The fourth-order valence-electron chi connectivity index (χ4n) is 5.72. The highest BCUT2D eigenvalue weighted by Gasteiger charge is 2.37. The molecule has 0 aliphatic heterocycles. The van der Waals surface area contributed by atoms with Crippen molar-refractivity contribution in [2.75, 3.05) is 83.8 Å². The molecule has 0 atom stereocenters. The summed E-state index contributed by atoms with van der Waals surface area (Å²) in [7, 11) is 11.7. The van der Waals surface area contributed by atoms with E-state index < -0.39 is 61.6 Å². The number of rotatable bonds is 20. The Hall–Kier alpha value is -7.92. The van der Waals surface area contributed by atoms with Crippen LogP contribution in [-0.2, 0) is 43.5 Å². The van der Waals surface area contributed by atoms with Crippen molar-refractivity contribution in [2.45, 2.75) is 19.8 Å². The molecule has 0 amide bonds. The zero-order chi connectivity index (χ0) is 47.4. The summed E-state index contributed by atoms with van der Waals surface area (Å²) in [6.07, 6.45) is -4.56. The van der Waals surface area contributed by atoms with Crippen molar-refractivity contribution >= 4 is 36.4 Å².